The molecule has 2 aromatic rings. The fraction of sp³-hybridized carbons (Fsp3) is 0.278. The number of aryl methyl sites for hydroxylation is 3. The van der Waals surface area contributed by atoms with Crippen LogP contribution >= 0.6 is 0 Å². The van der Waals surface area contributed by atoms with Crippen molar-refractivity contribution in [1.29, 1.82) is 0 Å². The van der Waals surface area contributed by atoms with Crippen LogP contribution in [0.1, 0.15) is 40.4 Å². The van der Waals surface area contributed by atoms with Crippen LogP contribution in [-0.4, -0.2) is 5.78 Å². The van der Waals surface area contributed by atoms with E-state index in [4.69, 9.17) is 0 Å². The van der Waals surface area contributed by atoms with Crippen LogP contribution < -0.4 is 0 Å². The minimum absolute atomic E-state index is 0.131. The van der Waals surface area contributed by atoms with Gasteiger partial charge in [0.25, 0.3) is 0 Å². The molecule has 0 spiro atoms. The van der Waals surface area contributed by atoms with Crippen LogP contribution in [0.2, 0.25) is 0 Å². The molecule has 0 saturated carbocycles. The van der Waals surface area contributed by atoms with E-state index >= 15 is 0 Å². The third-order valence-electron chi connectivity index (χ3n) is 3.41. The monoisotopic (exact) mass is 252 g/mol. The van der Waals surface area contributed by atoms with Crippen molar-refractivity contribution in [3.63, 3.8) is 0 Å². The van der Waals surface area contributed by atoms with Gasteiger partial charge in [0.15, 0.2) is 5.78 Å². The largest absolute Gasteiger partial charge is 0.295 e. The molecule has 0 heterocycles. The highest BCUT2D eigenvalue weighted by atomic mass is 16.1. The lowest BCUT2D eigenvalue weighted by molar-refractivity contribution is 0.101. The van der Waals surface area contributed by atoms with Gasteiger partial charge in [0, 0.05) is 5.56 Å². The fourth-order valence-electron chi connectivity index (χ4n) is 2.16. The second kappa shape index (κ2) is 6.33. The summed E-state index contributed by atoms with van der Waals surface area (Å²) in [5.74, 6) is 0.131. The molecule has 0 fully saturated rings. The van der Waals surface area contributed by atoms with Crippen LogP contribution in [0, 0.1) is 6.92 Å². The van der Waals surface area contributed by atoms with Gasteiger partial charge in [-0.1, -0.05) is 54.1 Å². The zero-order chi connectivity index (χ0) is 13.7. The average Bonchev–Trinajstić information content (AvgIpc) is 2.41. The molecule has 0 N–H and O–H groups in total. The summed E-state index contributed by atoms with van der Waals surface area (Å²) in [4.78, 5) is 11.2. The van der Waals surface area contributed by atoms with Gasteiger partial charge in [-0.25, -0.2) is 0 Å². The van der Waals surface area contributed by atoms with Crippen LogP contribution in [-0.2, 0) is 12.8 Å². The van der Waals surface area contributed by atoms with Crippen molar-refractivity contribution in [2.75, 3.05) is 0 Å². The molecule has 0 saturated heterocycles. The predicted octanol–water partition coefficient (Wildman–Crippen LogP) is 4.37. The predicted molar refractivity (Wildman–Crippen MR) is 79.7 cm³/mol. The van der Waals surface area contributed by atoms with Crippen LogP contribution in [0.3, 0.4) is 0 Å². The molecule has 0 aliphatic carbocycles. The van der Waals surface area contributed by atoms with Gasteiger partial charge in [-0.15, -0.1) is 0 Å². The Morgan fingerprint density at radius 2 is 1.32 bits per heavy atom. The molecule has 2 aromatic carbocycles. The number of Topliss-reactive ketones (excluding diaryl/α,β-unsaturated/α-hetero) is 1. The van der Waals surface area contributed by atoms with Crippen LogP contribution in [0.5, 0.6) is 0 Å². The molecule has 2 rings (SSSR count). The standard InChI is InChI=1S/C18H20O/c1-14-6-8-16(9-7-14)4-3-5-17-10-12-18(13-11-17)15(2)19/h6-13H,3-5H2,1-2H3. The number of rotatable bonds is 5. The Hall–Kier alpha value is -1.89. The number of benzene rings is 2. The Morgan fingerprint density at radius 3 is 1.79 bits per heavy atom. The molecule has 98 valence electrons. The lowest BCUT2D eigenvalue weighted by atomic mass is 10.0. The molecule has 0 aromatic heterocycles. The normalized spacial score (nSPS) is 10.4. The van der Waals surface area contributed by atoms with Crippen LogP contribution in [0.4, 0.5) is 0 Å². The van der Waals surface area contributed by atoms with Gasteiger partial charge in [-0.05, 0) is 44.2 Å². The van der Waals surface area contributed by atoms with E-state index in [2.05, 4.69) is 43.3 Å². The molecule has 0 unspecified atom stereocenters. The summed E-state index contributed by atoms with van der Waals surface area (Å²) in [6.07, 6.45) is 3.31. The zero-order valence-corrected chi connectivity index (χ0v) is 11.6. The minimum Gasteiger partial charge on any atom is -0.295 e. The summed E-state index contributed by atoms with van der Waals surface area (Å²) in [6.45, 7) is 3.72. The number of carbonyl (C=O) groups is 1. The molecule has 0 aliphatic heterocycles. The van der Waals surface area contributed by atoms with Crippen molar-refractivity contribution in [2.24, 2.45) is 0 Å². The van der Waals surface area contributed by atoms with Crippen LogP contribution in [0.25, 0.3) is 0 Å². The summed E-state index contributed by atoms with van der Waals surface area (Å²) >= 11 is 0. The lowest BCUT2D eigenvalue weighted by Crippen LogP contribution is -1.94. The van der Waals surface area contributed by atoms with E-state index < -0.39 is 0 Å². The summed E-state index contributed by atoms with van der Waals surface area (Å²) in [7, 11) is 0. The maximum Gasteiger partial charge on any atom is 0.159 e. The van der Waals surface area contributed by atoms with Crippen molar-refractivity contribution in [3.05, 3.63) is 70.8 Å². The van der Waals surface area contributed by atoms with Crippen molar-refractivity contribution >= 4 is 5.78 Å². The SMILES string of the molecule is CC(=O)c1ccc(CCCc2ccc(C)cc2)cc1. The number of hydrogen-bond acceptors (Lipinski definition) is 1. The molecule has 0 atom stereocenters. The van der Waals surface area contributed by atoms with E-state index in [9.17, 15) is 4.79 Å². The smallest absolute Gasteiger partial charge is 0.159 e. The second-order valence-corrected chi connectivity index (χ2v) is 5.09. The molecular formula is C18H20O. The maximum atomic E-state index is 11.2. The number of hydrogen-bond donors (Lipinski definition) is 0. The molecule has 0 bridgehead atoms. The Labute approximate surface area is 115 Å². The van der Waals surface area contributed by atoms with Gasteiger partial charge in [0.05, 0.1) is 0 Å². The first-order valence-corrected chi connectivity index (χ1v) is 6.80. The Bertz CT molecular complexity index is 535. The van der Waals surface area contributed by atoms with Gasteiger partial charge in [-0.2, -0.15) is 0 Å². The summed E-state index contributed by atoms with van der Waals surface area (Å²) < 4.78 is 0. The first-order chi connectivity index (χ1) is 9.15. The van der Waals surface area contributed by atoms with Gasteiger partial charge >= 0.3 is 0 Å². The van der Waals surface area contributed by atoms with Crippen molar-refractivity contribution in [1.82, 2.24) is 0 Å². The Kier molecular flexibility index (Phi) is 4.51. The van der Waals surface area contributed by atoms with Gasteiger partial charge < -0.3 is 0 Å². The first kappa shape index (κ1) is 13.5. The Balaban J connectivity index is 1.85. The fourth-order valence-corrected chi connectivity index (χ4v) is 2.16. The van der Waals surface area contributed by atoms with E-state index in [1.807, 2.05) is 12.1 Å². The number of carbonyl (C=O) groups excluding carboxylic acids is 1. The molecule has 0 radical (unpaired) electrons. The molecule has 19 heavy (non-hydrogen) atoms. The molecule has 1 heteroatoms. The zero-order valence-electron chi connectivity index (χ0n) is 11.6. The number of ketones is 1. The third-order valence-corrected chi connectivity index (χ3v) is 3.41. The van der Waals surface area contributed by atoms with Gasteiger partial charge in [0.2, 0.25) is 0 Å². The summed E-state index contributed by atoms with van der Waals surface area (Å²) in [5.41, 5.74) is 4.80. The Morgan fingerprint density at radius 1 is 0.842 bits per heavy atom. The molecule has 1 nitrogen and oxygen atoms in total. The summed E-state index contributed by atoms with van der Waals surface area (Å²) in [5, 5.41) is 0. The molecular weight excluding hydrogens is 232 g/mol. The van der Waals surface area contributed by atoms with Crippen molar-refractivity contribution < 1.29 is 4.79 Å². The highest BCUT2D eigenvalue weighted by molar-refractivity contribution is 5.93. The molecule has 0 amide bonds. The van der Waals surface area contributed by atoms with E-state index in [0.29, 0.717) is 0 Å². The van der Waals surface area contributed by atoms with Gasteiger partial charge in [0.1, 0.15) is 0 Å². The van der Waals surface area contributed by atoms with Gasteiger partial charge in [-0.3, -0.25) is 4.79 Å². The lowest BCUT2D eigenvalue weighted by Gasteiger charge is -2.04. The van der Waals surface area contributed by atoms with Crippen molar-refractivity contribution in [2.45, 2.75) is 33.1 Å². The van der Waals surface area contributed by atoms with E-state index in [1.165, 1.54) is 16.7 Å². The molecule has 0 aliphatic rings. The van der Waals surface area contributed by atoms with E-state index in [-0.39, 0.29) is 5.78 Å². The minimum atomic E-state index is 0.131. The third kappa shape index (κ3) is 4.06. The highest BCUT2D eigenvalue weighted by Gasteiger charge is 1.99. The first-order valence-electron chi connectivity index (χ1n) is 6.80. The topological polar surface area (TPSA) is 17.1 Å². The van der Waals surface area contributed by atoms with E-state index in [0.717, 1.165) is 24.8 Å². The second-order valence-electron chi connectivity index (χ2n) is 5.09. The van der Waals surface area contributed by atoms with E-state index in [1.54, 1.807) is 6.92 Å². The van der Waals surface area contributed by atoms with Crippen LogP contribution in [0.15, 0.2) is 48.5 Å². The highest BCUT2D eigenvalue weighted by Crippen LogP contribution is 2.11. The average molecular weight is 252 g/mol. The quantitative estimate of drug-likeness (QED) is 0.722. The maximum absolute atomic E-state index is 11.2. The summed E-state index contributed by atoms with van der Waals surface area (Å²) in [6, 6.07) is 16.7. The van der Waals surface area contributed by atoms with Crippen molar-refractivity contribution in [3.8, 4) is 0 Å².